The first kappa shape index (κ1) is 10.7. The van der Waals surface area contributed by atoms with E-state index >= 15 is 0 Å². The van der Waals surface area contributed by atoms with Crippen molar-refractivity contribution < 1.29 is 5.11 Å². The summed E-state index contributed by atoms with van der Waals surface area (Å²) in [6.07, 6.45) is 4.11. The van der Waals surface area contributed by atoms with Crippen LogP contribution in [0.4, 0.5) is 0 Å². The molecule has 1 aromatic rings. The minimum absolute atomic E-state index is 0.243. The third kappa shape index (κ3) is 3.05. The van der Waals surface area contributed by atoms with E-state index in [-0.39, 0.29) is 6.10 Å². The summed E-state index contributed by atoms with van der Waals surface area (Å²) in [6.45, 7) is 1.05. The quantitative estimate of drug-likeness (QED) is 0.787. The Kier molecular flexibility index (Phi) is 3.75. The molecule has 2 rings (SSSR count). The number of hydrogen-bond donors (Lipinski definition) is 2. The third-order valence-corrected chi connectivity index (χ3v) is 3.10. The molecule has 82 valence electrons. The molecule has 1 aliphatic rings. The Hall–Kier alpha value is -0.860. The van der Waals surface area contributed by atoms with Crippen LogP contribution in [0.5, 0.6) is 0 Å². The van der Waals surface area contributed by atoms with Crippen LogP contribution in [0.1, 0.15) is 24.8 Å². The molecule has 0 aliphatic carbocycles. The molecule has 1 saturated heterocycles. The van der Waals surface area contributed by atoms with Crippen molar-refractivity contribution in [2.45, 2.75) is 37.8 Å². The van der Waals surface area contributed by atoms with Gasteiger partial charge in [-0.3, -0.25) is 0 Å². The SMILES string of the molecule is OC(Cc1ccccc1)C1CCCCN1. The van der Waals surface area contributed by atoms with E-state index in [4.69, 9.17) is 0 Å². The zero-order valence-corrected chi connectivity index (χ0v) is 9.02. The summed E-state index contributed by atoms with van der Waals surface area (Å²) in [4.78, 5) is 0. The molecule has 0 amide bonds. The first-order valence-corrected chi connectivity index (χ1v) is 5.81. The maximum absolute atomic E-state index is 10.1. The first-order valence-electron chi connectivity index (χ1n) is 5.81. The van der Waals surface area contributed by atoms with Gasteiger partial charge in [-0.05, 0) is 31.4 Å². The highest BCUT2D eigenvalue weighted by Crippen LogP contribution is 2.13. The second-order valence-corrected chi connectivity index (χ2v) is 4.31. The molecule has 15 heavy (non-hydrogen) atoms. The predicted molar refractivity (Wildman–Crippen MR) is 61.8 cm³/mol. The molecule has 2 nitrogen and oxygen atoms in total. The lowest BCUT2D eigenvalue weighted by Gasteiger charge is -2.28. The molecule has 2 N–H and O–H groups in total. The molecule has 2 unspecified atom stereocenters. The van der Waals surface area contributed by atoms with Crippen molar-refractivity contribution in [1.29, 1.82) is 0 Å². The van der Waals surface area contributed by atoms with Crippen molar-refractivity contribution >= 4 is 0 Å². The summed E-state index contributed by atoms with van der Waals surface area (Å²) in [6, 6.07) is 10.5. The molecule has 1 fully saturated rings. The van der Waals surface area contributed by atoms with Crippen LogP contribution in [-0.2, 0) is 6.42 Å². The second kappa shape index (κ2) is 5.29. The Balaban J connectivity index is 1.88. The molecule has 1 heterocycles. The van der Waals surface area contributed by atoms with E-state index in [2.05, 4.69) is 17.4 Å². The predicted octanol–water partition coefficient (Wildman–Crippen LogP) is 1.73. The van der Waals surface area contributed by atoms with Crippen LogP contribution >= 0.6 is 0 Å². The molecule has 0 spiro atoms. The number of piperidine rings is 1. The largest absolute Gasteiger partial charge is 0.391 e. The minimum Gasteiger partial charge on any atom is -0.391 e. The van der Waals surface area contributed by atoms with Crippen LogP contribution in [-0.4, -0.2) is 23.8 Å². The molecule has 0 aromatic heterocycles. The van der Waals surface area contributed by atoms with Gasteiger partial charge in [0.25, 0.3) is 0 Å². The highest BCUT2D eigenvalue weighted by atomic mass is 16.3. The number of benzene rings is 1. The van der Waals surface area contributed by atoms with Gasteiger partial charge in [0.15, 0.2) is 0 Å². The van der Waals surface area contributed by atoms with E-state index in [1.54, 1.807) is 0 Å². The lowest BCUT2D eigenvalue weighted by molar-refractivity contribution is 0.113. The van der Waals surface area contributed by atoms with E-state index < -0.39 is 0 Å². The fourth-order valence-corrected chi connectivity index (χ4v) is 2.21. The summed E-state index contributed by atoms with van der Waals surface area (Å²) in [7, 11) is 0. The lowest BCUT2D eigenvalue weighted by atomic mass is 9.95. The molecule has 1 aliphatic heterocycles. The average Bonchev–Trinajstić information content (AvgIpc) is 2.31. The van der Waals surface area contributed by atoms with Gasteiger partial charge in [-0.1, -0.05) is 36.8 Å². The Bertz CT molecular complexity index is 280. The molecular weight excluding hydrogens is 186 g/mol. The van der Waals surface area contributed by atoms with Gasteiger partial charge < -0.3 is 10.4 Å². The highest BCUT2D eigenvalue weighted by Gasteiger charge is 2.20. The standard InChI is InChI=1S/C13H19NO/c15-13(12-8-4-5-9-14-12)10-11-6-2-1-3-7-11/h1-3,6-7,12-15H,4-5,8-10H2. The van der Waals surface area contributed by atoms with Gasteiger partial charge in [0.05, 0.1) is 6.10 Å². The zero-order chi connectivity index (χ0) is 10.5. The van der Waals surface area contributed by atoms with E-state index in [1.165, 1.54) is 18.4 Å². The first-order chi connectivity index (χ1) is 7.36. The lowest BCUT2D eigenvalue weighted by Crippen LogP contribution is -2.44. The van der Waals surface area contributed by atoms with Crippen LogP contribution in [0.15, 0.2) is 30.3 Å². The summed E-state index contributed by atoms with van der Waals surface area (Å²) in [5.74, 6) is 0. The van der Waals surface area contributed by atoms with Crippen molar-refractivity contribution in [1.82, 2.24) is 5.32 Å². The third-order valence-electron chi connectivity index (χ3n) is 3.10. The average molecular weight is 205 g/mol. The normalized spacial score (nSPS) is 23.7. The molecule has 1 aromatic carbocycles. The van der Waals surface area contributed by atoms with Crippen LogP contribution in [0.25, 0.3) is 0 Å². The number of aliphatic hydroxyl groups excluding tert-OH is 1. The maximum Gasteiger partial charge on any atom is 0.0733 e. The second-order valence-electron chi connectivity index (χ2n) is 4.31. The van der Waals surface area contributed by atoms with Crippen molar-refractivity contribution in [2.75, 3.05) is 6.54 Å². The summed E-state index contributed by atoms with van der Waals surface area (Å²) < 4.78 is 0. The molecule has 0 radical (unpaired) electrons. The van der Waals surface area contributed by atoms with Crippen LogP contribution < -0.4 is 5.32 Å². The smallest absolute Gasteiger partial charge is 0.0733 e. The molecular formula is C13H19NO. The maximum atomic E-state index is 10.1. The van der Waals surface area contributed by atoms with Gasteiger partial charge in [-0.25, -0.2) is 0 Å². The fourth-order valence-electron chi connectivity index (χ4n) is 2.21. The van der Waals surface area contributed by atoms with Gasteiger partial charge in [-0.2, -0.15) is 0 Å². The van der Waals surface area contributed by atoms with E-state index in [9.17, 15) is 5.11 Å². The van der Waals surface area contributed by atoms with E-state index in [0.29, 0.717) is 6.04 Å². The van der Waals surface area contributed by atoms with Crippen molar-refractivity contribution in [3.05, 3.63) is 35.9 Å². The van der Waals surface area contributed by atoms with Crippen LogP contribution in [0.2, 0.25) is 0 Å². The number of rotatable bonds is 3. The van der Waals surface area contributed by atoms with Crippen molar-refractivity contribution in [2.24, 2.45) is 0 Å². The highest BCUT2D eigenvalue weighted by molar-refractivity contribution is 5.15. The fraction of sp³-hybridized carbons (Fsp3) is 0.538. The Morgan fingerprint density at radius 2 is 2.07 bits per heavy atom. The Morgan fingerprint density at radius 1 is 1.27 bits per heavy atom. The van der Waals surface area contributed by atoms with Gasteiger partial charge in [-0.15, -0.1) is 0 Å². The molecule has 2 atom stereocenters. The minimum atomic E-state index is -0.243. The van der Waals surface area contributed by atoms with E-state index in [0.717, 1.165) is 19.4 Å². The van der Waals surface area contributed by atoms with Gasteiger partial charge in [0.1, 0.15) is 0 Å². The number of aliphatic hydroxyl groups is 1. The van der Waals surface area contributed by atoms with Crippen molar-refractivity contribution in [3.63, 3.8) is 0 Å². The molecule has 0 bridgehead atoms. The number of hydrogen-bond acceptors (Lipinski definition) is 2. The van der Waals surface area contributed by atoms with Gasteiger partial charge >= 0.3 is 0 Å². The zero-order valence-electron chi connectivity index (χ0n) is 9.02. The van der Waals surface area contributed by atoms with Crippen LogP contribution in [0.3, 0.4) is 0 Å². The molecule has 2 heteroatoms. The topological polar surface area (TPSA) is 32.3 Å². The van der Waals surface area contributed by atoms with E-state index in [1.807, 2.05) is 18.2 Å². The molecule has 0 saturated carbocycles. The monoisotopic (exact) mass is 205 g/mol. The van der Waals surface area contributed by atoms with Gasteiger partial charge in [0, 0.05) is 6.04 Å². The van der Waals surface area contributed by atoms with Gasteiger partial charge in [0.2, 0.25) is 0 Å². The Morgan fingerprint density at radius 3 is 2.73 bits per heavy atom. The number of nitrogens with one attached hydrogen (secondary N) is 1. The summed E-state index contributed by atoms with van der Waals surface area (Å²) in [5.41, 5.74) is 1.22. The summed E-state index contributed by atoms with van der Waals surface area (Å²) >= 11 is 0. The van der Waals surface area contributed by atoms with Crippen LogP contribution in [0, 0.1) is 0 Å². The van der Waals surface area contributed by atoms with Crippen molar-refractivity contribution in [3.8, 4) is 0 Å². The Labute approximate surface area is 91.3 Å². The summed E-state index contributed by atoms with van der Waals surface area (Å²) in [5, 5.41) is 13.5.